The number of hydrogen-bond donors (Lipinski definition) is 1. The van der Waals surface area contributed by atoms with Crippen LogP contribution in [-0.4, -0.2) is 18.3 Å². The van der Waals surface area contributed by atoms with Crippen molar-refractivity contribution in [2.24, 2.45) is 0 Å². The largest absolute Gasteiger partial charge is 0.508 e. The number of halogens is 1. The summed E-state index contributed by atoms with van der Waals surface area (Å²) >= 11 is 0. The van der Waals surface area contributed by atoms with Gasteiger partial charge >= 0.3 is 0 Å². The van der Waals surface area contributed by atoms with Gasteiger partial charge in [-0.1, -0.05) is 6.07 Å². The lowest BCUT2D eigenvalue weighted by Crippen LogP contribution is -2.15. The van der Waals surface area contributed by atoms with Crippen molar-refractivity contribution in [1.82, 2.24) is 0 Å². The number of phenolic OH excluding ortho intramolecular Hbond substituents is 1. The first-order valence-corrected chi connectivity index (χ1v) is 5.62. The molecule has 0 spiro atoms. The van der Waals surface area contributed by atoms with Crippen LogP contribution in [0, 0.1) is 5.82 Å². The van der Waals surface area contributed by atoms with Gasteiger partial charge in [0.25, 0.3) is 0 Å². The Hall–Kier alpha value is -2.23. The molecule has 0 saturated heterocycles. The highest BCUT2D eigenvalue weighted by atomic mass is 19.1. The summed E-state index contributed by atoms with van der Waals surface area (Å²) in [4.78, 5) is 0. The molecule has 0 amide bonds. The van der Waals surface area contributed by atoms with Gasteiger partial charge in [0.1, 0.15) is 24.8 Å². The van der Waals surface area contributed by atoms with E-state index in [2.05, 4.69) is 0 Å². The van der Waals surface area contributed by atoms with E-state index in [1.807, 2.05) is 6.07 Å². The fraction of sp³-hybridized carbons (Fsp3) is 0.143. The molecule has 0 radical (unpaired) electrons. The number of benzene rings is 2. The van der Waals surface area contributed by atoms with Crippen LogP contribution in [0.2, 0.25) is 0 Å². The second-order valence-corrected chi connectivity index (χ2v) is 4.06. The fourth-order valence-corrected chi connectivity index (χ4v) is 1.96. The van der Waals surface area contributed by atoms with Crippen molar-refractivity contribution in [1.29, 1.82) is 0 Å². The Labute approximate surface area is 103 Å². The molecule has 2 aromatic rings. The predicted molar refractivity (Wildman–Crippen MR) is 64.5 cm³/mol. The minimum absolute atomic E-state index is 0.0973. The van der Waals surface area contributed by atoms with Crippen molar-refractivity contribution in [2.45, 2.75) is 0 Å². The predicted octanol–water partition coefficient (Wildman–Crippen LogP) is 2.97. The average Bonchev–Trinajstić information content (AvgIpc) is 2.37. The third kappa shape index (κ3) is 1.97. The van der Waals surface area contributed by atoms with Crippen LogP contribution in [0.1, 0.15) is 0 Å². The van der Waals surface area contributed by atoms with Crippen molar-refractivity contribution >= 4 is 0 Å². The van der Waals surface area contributed by atoms with Crippen LogP contribution in [0.5, 0.6) is 17.2 Å². The third-order valence-electron chi connectivity index (χ3n) is 2.76. The van der Waals surface area contributed by atoms with Crippen LogP contribution >= 0.6 is 0 Å². The van der Waals surface area contributed by atoms with E-state index in [0.717, 1.165) is 11.6 Å². The number of phenols is 1. The summed E-state index contributed by atoms with van der Waals surface area (Å²) < 4.78 is 24.1. The Morgan fingerprint density at radius 3 is 2.44 bits per heavy atom. The van der Waals surface area contributed by atoms with Crippen LogP contribution in [0.25, 0.3) is 11.1 Å². The molecule has 0 atom stereocenters. The Morgan fingerprint density at radius 1 is 0.889 bits per heavy atom. The van der Waals surface area contributed by atoms with E-state index >= 15 is 0 Å². The van der Waals surface area contributed by atoms with Gasteiger partial charge in [-0.25, -0.2) is 4.39 Å². The molecule has 0 unspecified atom stereocenters. The molecular weight excluding hydrogens is 235 g/mol. The molecule has 0 fully saturated rings. The van der Waals surface area contributed by atoms with E-state index in [1.165, 1.54) is 12.1 Å². The first-order chi connectivity index (χ1) is 8.72. The zero-order valence-corrected chi connectivity index (χ0v) is 9.52. The Morgan fingerprint density at radius 2 is 1.67 bits per heavy atom. The second-order valence-electron chi connectivity index (χ2n) is 4.06. The van der Waals surface area contributed by atoms with Crippen molar-refractivity contribution in [2.75, 3.05) is 13.2 Å². The molecule has 2 aromatic carbocycles. The van der Waals surface area contributed by atoms with Gasteiger partial charge in [0.05, 0.1) is 0 Å². The maximum absolute atomic E-state index is 13.2. The highest BCUT2D eigenvalue weighted by molar-refractivity contribution is 5.68. The molecular formula is C14H11FO3. The fourth-order valence-electron chi connectivity index (χ4n) is 1.96. The van der Waals surface area contributed by atoms with Crippen molar-refractivity contribution in [3.05, 3.63) is 42.2 Å². The molecule has 1 heterocycles. The number of ether oxygens (including phenoxy) is 2. The van der Waals surface area contributed by atoms with Crippen LogP contribution in [0.4, 0.5) is 4.39 Å². The maximum atomic E-state index is 13.2. The summed E-state index contributed by atoms with van der Waals surface area (Å²) in [5.74, 6) is 0.757. The summed E-state index contributed by atoms with van der Waals surface area (Å²) in [6.45, 7) is 1.04. The number of aromatic hydroxyl groups is 1. The van der Waals surface area contributed by atoms with E-state index in [1.54, 1.807) is 12.1 Å². The summed E-state index contributed by atoms with van der Waals surface area (Å²) in [7, 11) is 0. The molecule has 0 aromatic heterocycles. The normalized spacial score (nSPS) is 13.4. The number of rotatable bonds is 1. The van der Waals surface area contributed by atoms with E-state index in [-0.39, 0.29) is 5.75 Å². The Balaban J connectivity index is 2.06. The monoisotopic (exact) mass is 246 g/mol. The van der Waals surface area contributed by atoms with E-state index in [4.69, 9.17) is 9.47 Å². The zero-order chi connectivity index (χ0) is 12.5. The van der Waals surface area contributed by atoms with Crippen LogP contribution in [0.3, 0.4) is 0 Å². The minimum atomic E-state index is -0.472. The third-order valence-corrected chi connectivity index (χ3v) is 2.76. The summed E-state index contributed by atoms with van der Waals surface area (Å²) in [6.07, 6.45) is 0. The highest BCUT2D eigenvalue weighted by Crippen LogP contribution is 2.35. The molecule has 3 nitrogen and oxygen atoms in total. The lowest BCUT2D eigenvalue weighted by atomic mass is 10.0. The zero-order valence-electron chi connectivity index (χ0n) is 9.52. The van der Waals surface area contributed by atoms with Gasteiger partial charge in [0.2, 0.25) is 0 Å². The standard InChI is InChI=1S/C14H11FO3/c15-11-5-10(6-12(16)8-11)9-1-2-13-14(7-9)18-4-3-17-13/h1-2,5-8,16H,3-4H2. The highest BCUT2D eigenvalue weighted by Gasteiger charge is 2.13. The van der Waals surface area contributed by atoms with Gasteiger partial charge in [-0.2, -0.15) is 0 Å². The molecule has 92 valence electrons. The molecule has 1 aliphatic rings. The summed E-state index contributed by atoms with van der Waals surface area (Å²) in [6, 6.07) is 9.32. The second kappa shape index (κ2) is 4.22. The van der Waals surface area contributed by atoms with Crippen molar-refractivity contribution in [3.63, 3.8) is 0 Å². The molecule has 18 heavy (non-hydrogen) atoms. The quantitative estimate of drug-likeness (QED) is 0.840. The molecule has 0 bridgehead atoms. The van der Waals surface area contributed by atoms with E-state index < -0.39 is 5.82 Å². The molecule has 0 aliphatic carbocycles. The Bertz CT molecular complexity index is 575. The van der Waals surface area contributed by atoms with Crippen LogP contribution in [0.15, 0.2) is 36.4 Å². The molecule has 1 aliphatic heterocycles. The summed E-state index contributed by atoms with van der Waals surface area (Å²) in [5.41, 5.74) is 1.37. The SMILES string of the molecule is Oc1cc(F)cc(-c2ccc3c(c2)OCCO3)c1. The molecule has 0 saturated carbocycles. The lowest BCUT2D eigenvalue weighted by Gasteiger charge is -2.19. The molecule has 3 rings (SSSR count). The number of fused-ring (bicyclic) bond motifs is 1. The van der Waals surface area contributed by atoms with Gasteiger partial charge in [-0.3, -0.25) is 0 Å². The first kappa shape index (κ1) is 10.9. The van der Waals surface area contributed by atoms with Gasteiger partial charge in [0.15, 0.2) is 11.5 Å². The Kier molecular flexibility index (Phi) is 2.55. The van der Waals surface area contributed by atoms with E-state index in [9.17, 15) is 9.50 Å². The molecule has 4 heteroatoms. The van der Waals surface area contributed by atoms with Gasteiger partial charge < -0.3 is 14.6 Å². The van der Waals surface area contributed by atoms with Crippen molar-refractivity contribution < 1.29 is 19.0 Å². The minimum Gasteiger partial charge on any atom is -0.508 e. The van der Waals surface area contributed by atoms with Gasteiger partial charge in [-0.15, -0.1) is 0 Å². The van der Waals surface area contributed by atoms with Crippen LogP contribution in [-0.2, 0) is 0 Å². The first-order valence-electron chi connectivity index (χ1n) is 5.62. The van der Waals surface area contributed by atoms with Gasteiger partial charge in [-0.05, 0) is 35.4 Å². The maximum Gasteiger partial charge on any atom is 0.161 e. The van der Waals surface area contributed by atoms with Crippen LogP contribution < -0.4 is 9.47 Å². The number of hydrogen-bond acceptors (Lipinski definition) is 3. The lowest BCUT2D eigenvalue weighted by molar-refractivity contribution is 0.171. The molecule has 1 N–H and O–H groups in total. The van der Waals surface area contributed by atoms with Gasteiger partial charge in [0, 0.05) is 6.07 Å². The average molecular weight is 246 g/mol. The van der Waals surface area contributed by atoms with Crippen molar-refractivity contribution in [3.8, 4) is 28.4 Å². The smallest absolute Gasteiger partial charge is 0.161 e. The van der Waals surface area contributed by atoms with E-state index in [0.29, 0.717) is 30.3 Å². The summed E-state index contributed by atoms with van der Waals surface area (Å²) in [5, 5.41) is 9.40. The topological polar surface area (TPSA) is 38.7 Å².